The maximum atomic E-state index is 12.4. The number of nitrogen functional groups attached to an aromatic ring is 2. The van der Waals surface area contributed by atoms with Gasteiger partial charge in [-0.05, 0) is 54.8 Å². The van der Waals surface area contributed by atoms with Crippen molar-refractivity contribution in [2.45, 2.75) is 38.8 Å². The molecule has 2 aliphatic rings. The van der Waals surface area contributed by atoms with Crippen LogP contribution in [0.1, 0.15) is 36.3 Å². The van der Waals surface area contributed by atoms with Crippen LogP contribution in [-0.2, 0) is 9.47 Å². The first-order valence-corrected chi connectivity index (χ1v) is 16.6. The number of hydrogen-bond donors (Lipinski definition) is 2. The minimum atomic E-state index is -0.111. The number of nitrogens with two attached hydrogens (primary N) is 2. The Balaban J connectivity index is 0.000000203. The molecule has 6 rings (SSSR count). The van der Waals surface area contributed by atoms with Crippen molar-refractivity contribution in [1.29, 1.82) is 0 Å². The lowest BCUT2D eigenvalue weighted by molar-refractivity contribution is 0.186. The van der Waals surface area contributed by atoms with E-state index >= 15 is 0 Å². The zero-order valence-corrected chi connectivity index (χ0v) is 28.1. The minimum Gasteiger partial charge on any atom is -0.379 e. The second-order valence-electron chi connectivity index (χ2n) is 9.05. The number of halogens is 4. The summed E-state index contributed by atoms with van der Waals surface area (Å²) in [5, 5.41) is 1.68. The summed E-state index contributed by atoms with van der Waals surface area (Å²) >= 11 is 8.81. The fourth-order valence-electron chi connectivity index (χ4n) is 4.79. The first kappa shape index (κ1) is 32.5. The Morgan fingerprint density at radius 1 is 0.825 bits per heavy atom. The van der Waals surface area contributed by atoms with Crippen molar-refractivity contribution >= 4 is 95.1 Å². The van der Waals surface area contributed by atoms with Crippen LogP contribution in [0.3, 0.4) is 0 Å². The number of nitrogens with zero attached hydrogens (tertiary/aromatic N) is 6. The van der Waals surface area contributed by atoms with E-state index in [9.17, 15) is 9.59 Å². The molecule has 2 fully saturated rings. The second-order valence-corrected chi connectivity index (χ2v) is 9.91. The summed E-state index contributed by atoms with van der Waals surface area (Å²) in [6.45, 7) is 6.11. The SMILES string of the molecule is Br.BrBr.Cc1nc(N)nc2c1cc(Br)c(=O)n2C1CCOC1.Cc1nc(N)nc2c1ccc(=O)n2C1CCOC1. The molecule has 0 aromatic carbocycles. The maximum Gasteiger partial charge on any atom is 0.266 e. The first-order valence-electron chi connectivity index (χ1n) is 12.0. The highest BCUT2D eigenvalue weighted by atomic mass is 80.9. The summed E-state index contributed by atoms with van der Waals surface area (Å²) in [5.74, 6) is 0.373. The molecule has 2 saturated heterocycles. The monoisotopic (exact) mass is 808 g/mol. The number of anilines is 2. The third-order valence-electron chi connectivity index (χ3n) is 6.59. The molecule has 0 saturated carbocycles. The lowest BCUT2D eigenvalue weighted by Gasteiger charge is -2.16. The van der Waals surface area contributed by atoms with Crippen LogP contribution in [0.25, 0.3) is 22.1 Å². The van der Waals surface area contributed by atoms with E-state index in [1.54, 1.807) is 27.3 Å². The molecule has 4 aromatic rings. The molecule has 0 amide bonds. The summed E-state index contributed by atoms with van der Waals surface area (Å²) in [6, 6.07) is 5.08. The average molecular weight is 812 g/mol. The largest absolute Gasteiger partial charge is 0.379 e. The van der Waals surface area contributed by atoms with E-state index in [0.29, 0.717) is 42.2 Å². The molecule has 12 nitrogen and oxygen atoms in total. The van der Waals surface area contributed by atoms with Gasteiger partial charge in [-0.1, -0.05) is 0 Å². The zero-order chi connectivity index (χ0) is 28.3. The molecule has 4 aromatic heterocycles. The molecule has 0 aliphatic carbocycles. The quantitative estimate of drug-likeness (QED) is 0.298. The molecule has 0 radical (unpaired) electrons. The molecule has 40 heavy (non-hydrogen) atoms. The van der Waals surface area contributed by atoms with E-state index in [1.165, 1.54) is 0 Å². The molecule has 4 N–H and O–H groups in total. The van der Waals surface area contributed by atoms with Crippen LogP contribution in [0.15, 0.2) is 32.3 Å². The van der Waals surface area contributed by atoms with E-state index in [-0.39, 0.29) is 52.1 Å². The van der Waals surface area contributed by atoms with Crippen LogP contribution in [0.4, 0.5) is 11.9 Å². The molecule has 2 atom stereocenters. The van der Waals surface area contributed by atoms with Crippen molar-refractivity contribution in [2.75, 3.05) is 37.9 Å². The molecular formula is C24H28Br4N8O4. The van der Waals surface area contributed by atoms with Gasteiger partial charge < -0.3 is 20.9 Å². The minimum absolute atomic E-state index is 0. The topological polar surface area (TPSA) is 166 Å². The van der Waals surface area contributed by atoms with Crippen molar-refractivity contribution in [3.05, 3.63) is 54.8 Å². The third kappa shape index (κ3) is 6.73. The molecule has 0 spiro atoms. The van der Waals surface area contributed by atoms with Gasteiger partial charge in [0.15, 0.2) is 0 Å². The summed E-state index contributed by atoms with van der Waals surface area (Å²) in [6.07, 6.45) is 1.62. The van der Waals surface area contributed by atoms with Crippen molar-refractivity contribution in [3.8, 4) is 0 Å². The summed E-state index contributed by atoms with van der Waals surface area (Å²) in [4.78, 5) is 41.1. The molecular weight excluding hydrogens is 784 g/mol. The van der Waals surface area contributed by atoms with Gasteiger partial charge in [0.05, 0.1) is 41.2 Å². The van der Waals surface area contributed by atoms with Gasteiger partial charge in [-0.15, -0.1) is 17.0 Å². The number of ether oxygens (including phenoxy) is 2. The maximum absolute atomic E-state index is 12.4. The van der Waals surface area contributed by atoms with E-state index in [2.05, 4.69) is 64.1 Å². The van der Waals surface area contributed by atoms with E-state index in [0.717, 1.165) is 35.0 Å². The number of fused-ring (bicyclic) bond motifs is 2. The predicted octanol–water partition coefficient (Wildman–Crippen LogP) is 4.32. The molecule has 2 aliphatic heterocycles. The van der Waals surface area contributed by atoms with E-state index in [4.69, 9.17) is 20.9 Å². The highest BCUT2D eigenvalue weighted by molar-refractivity contribution is 9.93. The summed E-state index contributed by atoms with van der Waals surface area (Å²) in [5.41, 5.74) is 13.9. The molecule has 2 unspecified atom stereocenters. The van der Waals surface area contributed by atoms with Crippen LogP contribution in [0.5, 0.6) is 0 Å². The Morgan fingerprint density at radius 2 is 1.32 bits per heavy atom. The first-order chi connectivity index (χ1) is 18.7. The predicted molar refractivity (Wildman–Crippen MR) is 171 cm³/mol. The van der Waals surface area contributed by atoms with Crippen molar-refractivity contribution in [1.82, 2.24) is 29.1 Å². The van der Waals surface area contributed by atoms with Gasteiger partial charge in [0.1, 0.15) is 11.3 Å². The number of hydrogen-bond acceptors (Lipinski definition) is 10. The number of aromatic nitrogens is 6. The number of rotatable bonds is 2. The molecule has 6 heterocycles. The molecule has 216 valence electrons. The fourth-order valence-corrected chi connectivity index (χ4v) is 5.21. The highest BCUT2D eigenvalue weighted by Crippen LogP contribution is 2.25. The molecule has 0 bridgehead atoms. The normalized spacial score (nSPS) is 18.0. The Morgan fingerprint density at radius 3 is 1.85 bits per heavy atom. The Labute approximate surface area is 263 Å². The third-order valence-corrected chi connectivity index (χ3v) is 7.16. The molecule has 16 heteroatoms. The zero-order valence-electron chi connectivity index (χ0n) is 21.6. The lowest BCUT2D eigenvalue weighted by atomic mass is 10.2. The van der Waals surface area contributed by atoms with E-state index < -0.39 is 0 Å². The Hall–Kier alpha value is -1.98. The fraction of sp³-hybridized carbons (Fsp3) is 0.417. The Bertz CT molecular complexity index is 1620. The van der Waals surface area contributed by atoms with Gasteiger partial charge in [-0.3, -0.25) is 18.7 Å². The second kappa shape index (κ2) is 14.3. The summed E-state index contributed by atoms with van der Waals surface area (Å²) < 4.78 is 14.5. The highest BCUT2D eigenvalue weighted by Gasteiger charge is 2.24. The van der Waals surface area contributed by atoms with Crippen LogP contribution >= 0.6 is 61.2 Å². The summed E-state index contributed by atoms with van der Waals surface area (Å²) in [7, 11) is 0. The van der Waals surface area contributed by atoms with Crippen LogP contribution < -0.4 is 22.6 Å². The van der Waals surface area contributed by atoms with Gasteiger partial charge in [0, 0.05) is 58.3 Å². The number of pyridine rings is 2. The smallest absolute Gasteiger partial charge is 0.266 e. The van der Waals surface area contributed by atoms with E-state index in [1.807, 2.05) is 13.8 Å². The van der Waals surface area contributed by atoms with Gasteiger partial charge in [-0.25, -0.2) is 9.97 Å². The number of aryl methyl sites for hydroxylation is 2. The average Bonchev–Trinajstić information content (AvgIpc) is 3.62. The van der Waals surface area contributed by atoms with Crippen molar-refractivity contribution in [3.63, 3.8) is 0 Å². The van der Waals surface area contributed by atoms with Gasteiger partial charge in [0.2, 0.25) is 11.9 Å². The Kier molecular flexibility index (Phi) is 11.6. The van der Waals surface area contributed by atoms with Gasteiger partial charge >= 0.3 is 0 Å². The lowest BCUT2D eigenvalue weighted by Crippen LogP contribution is -2.27. The van der Waals surface area contributed by atoms with Crippen LogP contribution in [-0.4, -0.2) is 55.5 Å². The van der Waals surface area contributed by atoms with Crippen LogP contribution in [0.2, 0.25) is 0 Å². The van der Waals surface area contributed by atoms with Crippen molar-refractivity contribution < 1.29 is 9.47 Å². The van der Waals surface area contributed by atoms with Crippen molar-refractivity contribution in [2.24, 2.45) is 0 Å². The van der Waals surface area contributed by atoms with Crippen LogP contribution in [0, 0.1) is 13.8 Å². The standard InChI is InChI=1S/C12H13BrN4O2.C12H14N4O2.Br2.BrH/c1-6-8-4-9(13)11(18)17(7-2-3-19-5-7)10(8)16-12(14)15-6;1-7-9-2-3-10(17)16(8-4-5-18-6-8)11(9)15-12(13)14-7;1-2;/h4,7H,2-3,5H2,1H3,(H2,14,15,16);2-3,8H,4-6H2,1H3,(H2,13,14,15);;1H. The van der Waals surface area contributed by atoms with Gasteiger partial charge in [0.25, 0.3) is 11.1 Å². The van der Waals surface area contributed by atoms with Gasteiger partial charge in [-0.2, -0.15) is 9.97 Å².